The molecule has 0 unspecified atom stereocenters. The molecule has 0 fully saturated rings. The van der Waals surface area contributed by atoms with Crippen molar-refractivity contribution in [3.8, 4) is 5.75 Å². The average molecular weight is 353 g/mol. The number of ketones is 1. The summed E-state index contributed by atoms with van der Waals surface area (Å²) in [7, 11) is 0. The molecule has 0 saturated heterocycles. The first-order chi connectivity index (χ1) is 6.20. The van der Waals surface area contributed by atoms with Gasteiger partial charge in [0.05, 0.1) is 15.7 Å². The van der Waals surface area contributed by atoms with Gasteiger partial charge in [-0.1, -0.05) is 0 Å². The number of Topliss-reactive ketones (excluding diaryl/α,β-unsaturated/α-hetero) is 1. The molecule has 1 aliphatic heterocycles. The second-order valence-electron chi connectivity index (χ2n) is 2.76. The van der Waals surface area contributed by atoms with Crippen molar-refractivity contribution < 1.29 is 9.53 Å². The van der Waals surface area contributed by atoms with E-state index in [2.05, 4.69) is 38.5 Å². The van der Waals surface area contributed by atoms with Gasteiger partial charge in [-0.2, -0.15) is 0 Å². The molecule has 1 aliphatic rings. The quantitative estimate of drug-likeness (QED) is 0.671. The van der Waals surface area contributed by atoms with Gasteiger partial charge in [0.1, 0.15) is 5.75 Å². The molecule has 2 rings (SSSR count). The van der Waals surface area contributed by atoms with Crippen LogP contribution in [0.15, 0.2) is 16.6 Å². The minimum Gasteiger partial charge on any atom is -0.491 e. The molecule has 0 amide bonds. The number of hydrogen-bond donors (Lipinski definition) is 0. The Labute approximate surface area is 97.9 Å². The zero-order valence-electron chi connectivity index (χ0n) is 6.64. The van der Waals surface area contributed by atoms with E-state index in [4.69, 9.17) is 4.74 Å². The number of carbonyl (C=O) groups excluding carboxylic acids is 1. The molecule has 68 valence electrons. The number of fused-ring (bicyclic) bond motifs is 1. The molecule has 0 aromatic heterocycles. The van der Waals surface area contributed by atoms with Gasteiger partial charge >= 0.3 is 0 Å². The standard InChI is InChI=1S/C9H6BrIO2/c10-6-2-1-5-7(12)3-4-13-9(5)8(6)11/h1-2H,3-4H2. The van der Waals surface area contributed by atoms with Crippen LogP contribution >= 0.6 is 38.5 Å². The van der Waals surface area contributed by atoms with Gasteiger partial charge in [-0.15, -0.1) is 0 Å². The maximum Gasteiger partial charge on any atom is 0.170 e. The van der Waals surface area contributed by atoms with E-state index in [-0.39, 0.29) is 5.78 Å². The Hall–Kier alpha value is -0.100. The predicted octanol–water partition coefficient (Wildman–Crippen LogP) is 3.02. The molecule has 2 nitrogen and oxygen atoms in total. The third-order valence-electron chi connectivity index (χ3n) is 1.93. The molecule has 0 atom stereocenters. The fraction of sp³-hybridized carbons (Fsp3) is 0.222. The molecule has 1 aromatic carbocycles. The maximum atomic E-state index is 11.5. The summed E-state index contributed by atoms with van der Waals surface area (Å²) >= 11 is 5.57. The Balaban J connectivity index is 2.63. The summed E-state index contributed by atoms with van der Waals surface area (Å²) in [5.41, 5.74) is 0.707. The lowest BCUT2D eigenvalue weighted by molar-refractivity contribution is 0.0932. The van der Waals surface area contributed by atoms with Crippen molar-refractivity contribution in [3.05, 3.63) is 25.7 Å². The Morgan fingerprint density at radius 3 is 3.00 bits per heavy atom. The summed E-state index contributed by atoms with van der Waals surface area (Å²) in [6, 6.07) is 3.69. The molecule has 4 heteroatoms. The highest BCUT2D eigenvalue weighted by Crippen LogP contribution is 2.34. The van der Waals surface area contributed by atoms with E-state index in [0.717, 1.165) is 13.8 Å². The Bertz CT molecular complexity index is 376. The van der Waals surface area contributed by atoms with E-state index in [9.17, 15) is 4.79 Å². The summed E-state index contributed by atoms with van der Waals surface area (Å²) in [6.45, 7) is 0.498. The average Bonchev–Trinajstić information content (AvgIpc) is 2.12. The van der Waals surface area contributed by atoms with Crippen LogP contribution in [0.4, 0.5) is 0 Å². The number of benzene rings is 1. The van der Waals surface area contributed by atoms with Gasteiger partial charge < -0.3 is 4.74 Å². The van der Waals surface area contributed by atoms with Crippen LogP contribution < -0.4 is 4.74 Å². The SMILES string of the molecule is O=C1CCOc2c1ccc(Br)c2I. The number of ether oxygens (including phenoxy) is 1. The molecule has 0 radical (unpaired) electrons. The third-order valence-corrected chi connectivity index (χ3v) is 4.40. The number of hydrogen-bond acceptors (Lipinski definition) is 2. The molecule has 1 heterocycles. The van der Waals surface area contributed by atoms with Crippen LogP contribution in [0.3, 0.4) is 0 Å². The van der Waals surface area contributed by atoms with E-state index < -0.39 is 0 Å². The van der Waals surface area contributed by atoms with Crippen LogP contribution in [-0.2, 0) is 0 Å². The van der Waals surface area contributed by atoms with Crippen molar-refractivity contribution in [2.45, 2.75) is 6.42 Å². The normalized spacial score (nSPS) is 15.1. The second-order valence-corrected chi connectivity index (χ2v) is 4.69. The fourth-order valence-electron chi connectivity index (χ4n) is 1.27. The van der Waals surface area contributed by atoms with Gasteiger partial charge in [0.25, 0.3) is 0 Å². The van der Waals surface area contributed by atoms with Gasteiger partial charge in [0, 0.05) is 10.9 Å². The van der Waals surface area contributed by atoms with Crippen LogP contribution in [0, 0.1) is 3.57 Å². The highest BCUT2D eigenvalue weighted by Gasteiger charge is 2.21. The summed E-state index contributed by atoms with van der Waals surface area (Å²) in [5.74, 6) is 0.901. The number of halogens is 2. The molecule has 0 bridgehead atoms. The van der Waals surface area contributed by atoms with Gasteiger partial charge in [-0.3, -0.25) is 4.79 Å². The minimum atomic E-state index is 0.173. The molecule has 13 heavy (non-hydrogen) atoms. The van der Waals surface area contributed by atoms with Crippen LogP contribution in [-0.4, -0.2) is 12.4 Å². The Morgan fingerprint density at radius 2 is 2.23 bits per heavy atom. The topological polar surface area (TPSA) is 26.3 Å². The summed E-state index contributed by atoms with van der Waals surface area (Å²) in [6.07, 6.45) is 0.491. The first-order valence-corrected chi connectivity index (χ1v) is 5.71. The third kappa shape index (κ3) is 1.61. The molecule has 1 aromatic rings. The molecule has 0 saturated carbocycles. The monoisotopic (exact) mass is 352 g/mol. The largest absolute Gasteiger partial charge is 0.491 e. The van der Waals surface area contributed by atoms with Crippen molar-refractivity contribution in [3.63, 3.8) is 0 Å². The van der Waals surface area contributed by atoms with Crippen molar-refractivity contribution in [2.24, 2.45) is 0 Å². The molecular formula is C9H6BrIO2. The first-order valence-electron chi connectivity index (χ1n) is 3.84. The van der Waals surface area contributed by atoms with E-state index in [0.29, 0.717) is 18.6 Å². The van der Waals surface area contributed by atoms with Gasteiger partial charge in [-0.25, -0.2) is 0 Å². The van der Waals surface area contributed by atoms with E-state index in [1.165, 1.54) is 0 Å². The minimum absolute atomic E-state index is 0.173. The number of carbonyl (C=O) groups is 1. The van der Waals surface area contributed by atoms with Crippen molar-refractivity contribution >= 4 is 44.3 Å². The van der Waals surface area contributed by atoms with E-state index in [1.54, 1.807) is 0 Å². The zero-order valence-corrected chi connectivity index (χ0v) is 10.4. The van der Waals surface area contributed by atoms with Crippen molar-refractivity contribution in [1.29, 1.82) is 0 Å². The van der Waals surface area contributed by atoms with Crippen LogP contribution in [0.25, 0.3) is 0 Å². The summed E-state index contributed by atoms with van der Waals surface area (Å²) in [5, 5.41) is 0. The summed E-state index contributed by atoms with van der Waals surface area (Å²) in [4.78, 5) is 11.5. The summed E-state index contributed by atoms with van der Waals surface area (Å²) < 4.78 is 7.40. The Kier molecular flexibility index (Phi) is 2.60. The van der Waals surface area contributed by atoms with Gasteiger partial charge in [0.2, 0.25) is 0 Å². The second kappa shape index (κ2) is 3.57. The van der Waals surface area contributed by atoms with Gasteiger partial charge in [0.15, 0.2) is 5.78 Å². The molecular weight excluding hydrogens is 347 g/mol. The first kappa shape index (κ1) is 9.45. The van der Waals surface area contributed by atoms with Crippen molar-refractivity contribution in [2.75, 3.05) is 6.61 Å². The molecule has 0 spiro atoms. The lowest BCUT2D eigenvalue weighted by atomic mass is 10.1. The molecule has 0 N–H and O–H groups in total. The zero-order chi connectivity index (χ0) is 9.42. The molecule has 0 aliphatic carbocycles. The van der Waals surface area contributed by atoms with Crippen molar-refractivity contribution in [1.82, 2.24) is 0 Å². The van der Waals surface area contributed by atoms with Crippen LogP contribution in [0.5, 0.6) is 5.75 Å². The van der Waals surface area contributed by atoms with Gasteiger partial charge in [-0.05, 0) is 50.7 Å². The van der Waals surface area contributed by atoms with E-state index >= 15 is 0 Å². The number of rotatable bonds is 0. The van der Waals surface area contributed by atoms with Crippen LogP contribution in [0.1, 0.15) is 16.8 Å². The lowest BCUT2D eigenvalue weighted by Gasteiger charge is -2.17. The highest BCUT2D eigenvalue weighted by molar-refractivity contribution is 14.1. The smallest absolute Gasteiger partial charge is 0.170 e. The fourth-order valence-corrected chi connectivity index (χ4v) is 2.21. The Morgan fingerprint density at radius 1 is 1.46 bits per heavy atom. The lowest BCUT2D eigenvalue weighted by Crippen LogP contribution is -2.16. The predicted molar refractivity (Wildman–Crippen MR) is 61.3 cm³/mol. The van der Waals surface area contributed by atoms with E-state index in [1.807, 2.05) is 12.1 Å². The van der Waals surface area contributed by atoms with Crippen LogP contribution in [0.2, 0.25) is 0 Å². The highest BCUT2D eigenvalue weighted by atomic mass is 127. The maximum absolute atomic E-state index is 11.5.